The highest BCUT2D eigenvalue weighted by molar-refractivity contribution is 5.85. The average Bonchev–Trinajstić information content (AvgIpc) is 2.30. The molecule has 104 valence electrons. The Labute approximate surface area is 105 Å². The van der Waals surface area contributed by atoms with E-state index in [9.17, 15) is 14.4 Å². The van der Waals surface area contributed by atoms with Gasteiger partial charge in [0.05, 0.1) is 13.1 Å². The van der Waals surface area contributed by atoms with E-state index in [1.165, 1.54) is 0 Å². The molecular formula is C10H20N4O4. The van der Waals surface area contributed by atoms with E-state index in [4.69, 9.17) is 10.8 Å². The molecule has 0 heterocycles. The topological polar surface area (TPSA) is 134 Å². The number of carbonyl (C=O) groups is 3. The number of nitrogens with one attached hydrogen (secondary N) is 3. The van der Waals surface area contributed by atoms with Crippen LogP contribution in [0.25, 0.3) is 0 Å². The molecule has 0 saturated heterocycles. The lowest BCUT2D eigenvalue weighted by molar-refractivity contribution is -0.140. The summed E-state index contributed by atoms with van der Waals surface area (Å²) in [5, 5.41) is 11.2. The summed E-state index contributed by atoms with van der Waals surface area (Å²) in [6.07, 6.45) is 0.380. The van der Waals surface area contributed by atoms with Gasteiger partial charge in [0.25, 0.3) is 5.91 Å². The first-order chi connectivity index (χ1) is 8.36. The van der Waals surface area contributed by atoms with Gasteiger partial charge in [0.1, 0.15) is 6.04 Å². The van der Waals surface area contributed by atoms with E-state index >= 15 is 0 Å². The molecule has 0 radical (unpaired) electrons. The Bertz CT molecular complexity index is 306. The summed E-state index contributed by atoms with van der Waals surface area (Å²) >= 11 is 0. The average molecular weight is 260 g/mol. The Morgan fingerprint density at radius 1 is 1.22 bits per heavy atom. The monoisotopic (exact) mass is 260 g/mol. The molecule has 0 aliphatic carbocycles. The van der Waals surface area contributed by atoms with Gasteiger partial charge in [0.15, 0.2) is 0 Å². The third-order valence-corrected chi connectivity index (χ3v) is 2.02. The minimum absolute atomic E-state index is 0.174. The fourth-order valence-electron chi connectivity index (χ4n) is 1.16. The molecule has 0 aliphatic rings. The van der Waals surface area contributed by atoms with E-state index in [0.717, 1.165) is 0 Å². The molecule has 8 heteroatoms. The number of nitrogens with two attached hydrogens (primary N) is 1. The van der Waals surface area contributed by atoms with Gasteiger partial charge in [-0.2, -0.15) is 0 Å². The highest BCUT2D eigenvalue weighted by Gasteiger charge is 2.19. The van der Waals surface area contributed by atoms with Crippen molar-refractivity contribution in [1.29, 1.82) is 0 Å². The summed E-state index contributed by atoms with van der Waals surface area (Å²) in [7, 11) is 0. The number of amides is 2. The second-order valence-corrected chi connectivity index (χ2v) is 4.19. The molecule has 0 aromatic heterocycles. The van der Waals surface area contributed by atoms with Gasteiger partial charge in [-0.25, -0.2) is 5.43 Å². The zero-order valence-electron chi connectivity index (χ0n) is 10.5. The maximum absolute atomic E-state index is 11.3. The van der Waals surface area contributed by atoms with Crippen LogP contribution in [0.4, 0.5) is 0 Å². The highest BCUT2D eigenvalue weighted by Crippen LogP contribution is 2.03. The lowest BCUT2D eigenvalue weighted by Crippen LogP contribution is -2.51. The summed E-state index contributed by atoms with van der Waals surface area (Å²) in [6.45, 7) is 3.30. The molecule has 0 aromatic carbocycles. The van der Waals surface area contributed by atoms with Gasteiger partial charge in [-0.05, 0) is 12.3 Å². The molecular weight excluding hydrogens is 240 g/mol. The van der Waals surface area contributed by atoms with Crippen LogP contribution in [0, 0.1) is 5.92 Å². The van der Waals surface area contributed by atoms with Crippen LogP contribution in [-0.4, -0.2) is 42.0 Å². The fourth-order valence-corrected chi connectivity index (χ4v) is 1.16. The van der Waals surface area contributed by atoms with E-state index in [2.05, 4.69) is 16.2 Å². The molecule has 0 rings (SSSR count). The van der Waals surface area contributed by atoms with Crippen molar-refractivity contribution in [3.63, 3.8) is 0 Å². The third-order valence-electron chi connectivity index (χ3n) is 2.02. The van der Waals surface area contributed by atoms with Gasteiger partial charge >= 0.3 is 5.97 Å². The first kappa shape index (κ1) is 16.3. The van der Waals surface area contributed by atoms with Crippen LogP contribution in [0.3, 0.4) is 0 Å². The lowest BCUT2D eigenvalue weighted by Gasteiger charge is -2.17. The molecule has 1 atom stereocenters. The molecule has 0 aromatic rings. The van der Waals surface area contributed by atoms with E-state index < -0.39 is 23.8 Å². The number of hydrazine groups is 1. The molecule has 0 spiro atoms. The van der Waals surface area contributed by atoms with Crippen LogP contribution in [0.1, 0.15) is 20.3 Å². The smallest absolute Gasteiger partial charge is 0.322 e. The summed E-state index contributed by atoms with van der Waals surface area (Å²) in [4.78, 5) is 32.9. The van der Waals surface area contributed by atoms with Crippen LogP contribution in [0.15, 0.2) is 0 Å². The number of carboxylic acids is 1. The number of carbonyl (C=O) groups excluding carboxylic acids is 2. The lowest BCUT2D eigenvalue weighted by atomic mass is 10.0. The number of hydrogen-bond acceptors (Lipinski definition) is 5. The largest absolute Gasteiger partial charge is 0.480 e. The fraction of sp³-hybridized carbons (Fsp3) is 0.700. The summed E-state index contributed by atoms with van der Waals surface area (Å²) in [5.41, 5.74) is 9.67. The second kappa shape index (κ2) is 8.43. The maximum atomic E-state index is 11.3. The molecule has 8 nitrogen and oxygen atoms in total. The number of carboxylic acid groups (broad SMARTS) is 1. The normalized spacial score (nSPS) is 12.0. The summed E-state index contributed by atoms with van der Waals surface area (Å²) in [5.74, 6) is -1.86. The van der Waals surface area contributed by atoms with E-state index in [1.807, 2.05) is 13.8 Å². The van der Waals surface area contributed by atoms with E-state index in [-0.39, 0.29) is 19.0 Å². The highest BCUT2D eigenvalue weighted by atomic mass is 16.4. The standard InChI is InChI=1S/C10H20N4O4/c1-6(2)3-7(10(17)18)13-14-9(16)5-12-8(15)4-11/h6-7,13H,3-5,11H2,1-2H3,(H,12,15)(H,14,16)(H,17,18)/t7-/m0/s1. The first-order valence-electron chi connectivity index (χ1n) is 5.60. The van der Waals surface area contributed by atoms with Crippen molar-refractivity contribution in [3.8, 4) is 0 Å². The quantitative estimate of drug-likeness (QED) is 0.326. The van der Waals surface area contributed by atoms with Crippen LogP contribution < -0.4 is 21.9 Å². The second-order valence-electron chi connectivity index (χ2n) is 4.19. The Balaban J connectivity index is 4.00. The van der Waals surface area contributed by atoms with Crippen LogP contribution >= 0.6 is 0 Å². The first-order valence-corrected chi connectivity index (χ1v) is 5.60. The van der Waals surface area contributed by atoms with Crippen LogP contribution in [-0.2, 0) is 14.4 Å². The third kappa shape index (κ3) is 7.58. The predicted molar refractivity (Wildman–Crippen MR) is 64.2 cm³/mol. The van der Waals surface area contributed by atoms with Crippen molar-refractivity contribution in [1.82, 2.24) is 16.2 Å². The molecule has 0 bridgehead atoms. The van der Waals surface area contributed by atoms with E-state index in [0.29, 0.717) is 6.42 Å². The molecule has 0 unspecified atom stereocenters. The van der Waals surface area contributed by atoms with Crippen molar-refractivity contribution in [2.45, 2.75) is 26.3 Å². The van der Waals surface area contributed by atoms with Crippen molar-refractivity contribution in [2.75, 3.05) is 13.1 Å². The van der Waals surface area contributed by atoms with Gasteiger partial charge in [0, 0.05) is 0 Å². The molecule has 0 saturated carbocycles. The number of rotatable bonds is 8. The van der Waals surface area contributed by atoms with E-state index in [1.54, 1.807) is 0 Å². The molecule has 18 heavy (non-hydrogen) atoms. The van der Waals surface area contributed by atoms with Crippen molar-refractivity contribution in [2.24, 2.45) is 11.7 Å². The number of hydrogen-bond donors (Lipinski definition) is 5. The van der Waals surface area contributed by atoms with Gasteiger partial charge in [0.2, 0.25) is 5.91 Å². The number of aliphatic carboxylic acids is 1. The Hall–Kier alpha value is -1.67. The molecule has 0 aliphatic heterocycles. The van der Waals surface area contributed by atoms with Gasteiger partial charge in [-0.1, -0.05) is 13.8 Å². The Kier molecular flexibility index (Phi) is 7.64. The molecule has 2 amide bonds. The van der Waals surface area contributed by atoms with Crippen LogP contribution in [0.2, 0.25) is 0 Å². The zero-order valence-corrected chi connectivity index (χ0v) is 10.5. The Morgan fingerprint density at radius 2 is 1.83 bits per heavy atom. The van der Waals surface area contributed by atoms with Gasteiger partial charge in [-0.15, -0.1) is 0 Å². The summed E-state index contributed by atoms with van der Waals surface area (Å²) in [6, 6.07) is -0.862. The van der Waals surface area contributed by atoms with Gasteiger partial charge < -0.3 is 16.2 Å². The minimum Gasteiger partial charge on any atom is -0.480 e. The molecule has 0 fully saturated rings. The van der Waals surface area contributed by atoms with Crippen LogP contribution in [0.5, 0.6) is 0 Å². The van der Waals surface area contributed by atoms with Crippen molar-refractivity contribution < 1.29 is 19.5 Å². The predicted octanol–water partition coefficient (Wildman–Crippen LogP) is -1.82. The minimum atomic E-state index is -1.05. The molecule has 6 N–H and O–H groups in total. The van der Waals surface area contributed by atoms with Crippen molar-refractivity contribution in [3.05, 3.63) is 0 Å². The van der Waals surface area contributed by atoms with Crippen molar-refractivity contribution >= 4 is 17.8 Å². The summed E-state index contributed by atoms with van der Waals surface area (Å²) < 4.78 is 0. The SMILES string of the molecule is CC(C)C[C@H](NNC(=O)CNC(=O)CN)C(=O)O. The zero-order chi connectivity index (χ0) is 14.1. The van der Waals surface area contributed by atoms with Gasteiger partial charge in [-0.3, -0.25) is 19.8 Å². The maximum Gasteiger partial charge on any atom is 0.322 e. The Morgan fingerprint density at radius 3 is 2.28 bits per heavy atom.